The van der Waals surface area contributed by atoms with Crippen LogP contribution < -0.4 is 10.5 Å². The minimum Gasteiger partial charge on any atom is -0.405 e. The Morgan fingerprint density at radius 1 is 1.38 bits per heavy atom. The lowest BCUT2D eigenvalue weighted by Crippen LogP contribution is -2.17. The van der Waals surface area contributed by atoms with Crippen LogP contribution in [0.4, 0.5) is 18.9 Å². The lowest BCUT2D eigenvalue weighted by Gasteiger charge is -2.11. The first kappa shape index (κ1) is 11.9. The third-order valence-corrected chi connectivity index (χ3v) is 1.60. The highest BCUT2D eigenvalue weighted by molar-refractivity contribution is 5.63. The van der Waals surface area contributed by atoms with E-state index in [1.54, 1.807) is 6.07 Å². The van der Waals surface area contributed by atoms with Crippen molar-refractivity contribution in [3.63, 3.8) is 0 Å². The number of anilines is 1. The fourth-order valence-electron chi connectivity index (χ4n) is 1.04. The number of hydrogen-bond donors (Lipinski definition) is 1. The molecule has 0 unspecified atom stereocenters. The molecule has 0 bridgehead atoms. The Kier molecular flexibility index (Phi) is 3.40. The summed E-state index contributed by atoms with van der Waals surface area (Å²) in [5.41, 5.74) is 5.79. The smallest absolute Gasteiger partial charge is 0.405 e. The van der Waals surface area contributed by atoms with Crippen molar-refractivity contribution in [3.8, 4) is 11.8 Å². The van der Waals surface area contributed by atoms with Gasteiger partial charge in [-0.25, -0.2) is 0 Å². The molecule has 0 amide bonds. The maximum absolute atomic E-state index is 12.0. The van der Waals surface area contributed by atoms with Gasteiger partial charge in [0.05, 0.1) is 6.07 Å². The van der Waals surface area contributed by atoms with Crippen LogP contribution >= 0.6 is 0 Å². The van der Waals surface area contributed by atoms with E-state index in [-0.39, 0.29) is 11.3 Å². The highest BCUT2D eigenvalue weighted by Crippen LogP contribution is 2.28. The molecule has 0 aliphatic heterocycles. The zero-order valence-electron chi connectivity index (χ0n) is 7.95. The summed E-state index contributed by atoms with van der Waals surface area (Å²) in [6.45, 7) is 0. The summed E-state index contributed by atoms with van der Waals surface area (Å²) < 4.78 is 39.8. The van der Waals surface area contributed by atoms with Gasteiger partial charge in [0.25, 0.3) is 0 Å². The van der Waals surface area contributed by atoms with Gasteiger partial charge in [-0.15, -0.1) is 13.2 Å². The van der Waals surface area contributed by atoms with Gasteiger partial charge in [-0.2, -0.15) is 5.26 Å². The molecule has 84 valence electrons. The topological polar surface area (TPSA) is 59.0 Å². The van der Waals surface area contributed by atoms with Gasteiger partial charge in [0.15, 0.2) is 0 Å². The van der Waals surface area contributed by atoms with E-state index in [1.807, 2.05) is 0 Å². The third kappa shape index (κ3) is 3.53. The summed E-state index contributed by atoms with van der Waals surface area (Å²) in [5.74, 6) is -0.395. The summed E-state index contributed by atoms with van der Waals surface area (Å²) in [6.07, 6.45) is -2.54. The molecule has 0 atom stereocenters. The Morgan fingerprint density at radius 3 is 2.62 bits per heavy atom. The zero-order chi connectivity index (χ0) is 12.2. The van der Waals surface area contributed by atoms with Gasteiger partial charge in [-0.05, 0) is 24.3 Å². The van der Waals surface area contributed by atoms with Gasteiger partial charge in [0.2, 0.25) is 0 Å². The van der Waals surface area contributed by atoms with Gasteiger partial charge in [-0.1, -0.05) is 0 Å². The lowest BCUT2D eigenvalue weighted by molar-refractivity contribution is -0.274. The monoisotopic (exact) mass is 228 g/mol. The van der Waals surface area contributed by atoms with Crippen molar-refractivity contribution in [2.45, 2.75) is 6.36 Å². The summed E-state index contributed by atoms with van der Waals surface area (Å²) in [4.78, 5) is 0. The van der Waals surface area contributed by atoms with E-state index in [2.05, 4.69) is 4.74 Å². The minimum absolute atomic E-state index is 0.0962. The molecule has 1 aromatic rings. The van der Waals surface area contributed by atoms with Crippen LogP contribution in [0.25, 0.3) is 6.08 Å². The Hall–Kier alpha value is -2.16. The first-order valence-corrected chi connectivity index (χ1v) is 4.14. The van der Waals surface area contributed by atoms with Gasteiger partial charge in [0, 0.05) is 17.3 Å². The molecule has 2 N–H and O–H groups in total. The summed E-state index contributed by atoms with van der Waals surface area (Å²) in [6, 6.07) is 5.33. The number of benzene rings is 1. The summed E-state index contributed by atoms with van der Waals surface area (Å²) in [5, 5.41) is 8.29. The van der Waals surface area contributed by atoms with Crippen molar-refractivity contribution in [2.75, 3.05) is 5.73 Å². The van der Waals surface area contributed by atoms with Crippen LogP contribution in [-0.4, -0.2) is 6.36 Å². The zero-order valence-corrected chi connectivity index (χ0v) is 7.95. The minimum atomic E-state index is -4.77. The summed E-state index contributed by atoms with van der Waals surface area (Å²) >= 11 is 0. The molecule has 1 rings (SSSR count). The number of nitriles is 1. The first-order chi connectivity index (χ1) is 7.42. The van der Waals surface area contributed by atoms with Crippen molar-refractivity contribution >= 4 is 11.8 Å². The van der Waals surface area contributed by atoms with E-state index in [9.17, 15) is 13.2 Å². The van der Waals surface area contributed by atoms with Gasteiger partial charge >= 0.3 is 6.36 Å². The number of nitrogens with two attached hydrogens (primary N) is 1. The number of allylic oxidation sites excluding steroid dienone is 1. The molecule has 3 nitrogen and oxygen atoms in total. The van der Waals surface area contributed by atoms with Crippen LogP contribution in [0.3, 0.4) is 0 Å². The van der Waals surface area contributed by atoms with Gasteiger partial charge < -0.3 is 10.5 Å². The number of nitrogens with zero attached hydrogens (tertiary/aromatic N) is 1. The molecule has 0 aromatic heterocycles. The third-order valence-electron chi connectivity index (χ3n) is 1.60. The Morgan fingerprint density at radius 2 is 2.06 bits per heavy atom. The van der Waals surface area contributed by atoms with Crippen molar-refractivity contribution in [3.05, 3.63) is 29.8 Å². The molecular formula is C10H7F3N2O. The van der Waals surface area contributed by atoms with Crippen LogP contribution in [0.5, 0.6) is 5.75 Å². The molecule has 1 aromatic carbocycles. The molecule has 0 spiro atoms. The standard InChI is InChI=1S/C10H7F3N2O/c11-10(12,13)16-9-4-3-8(15)6-7(9)2-1-5-14/h1-4,6H,15H2. The molecular weight excluding hydrogens is 221 g/mol. The number of ether oxygens (including phenoxy) is 1. The predicted octanol–water partition coefficient (Wildman–Crippen LogP) is 2.70. The summed E-state index contributed by atoms with van der Waals surface area (Å²) in [7, 11) is 0. The van der Waals surface area contributed by atoms with Crippen LogP contribution in [0.2, 0.25) is 0 Å². The second-order valence-corrected chi connectivity index (χ2v) is 2.81. The second kappa shape index (κ2) is 4.57. The quantitative estimate of drug-likeness (QED) is 0.625. The van der Waals surface area contributed by atoms with E-state index >= 15 is 0 Å². The van der Waals surface area contributed by atoms with Crippen molar-refractivity contribution in [1.82, 2.24) is 0 Å². The number of halogens is 3. The second-order valence-electron chi connectivity index (χ2n) is 2.81. The molecule has 0 radical (unpaired) electrons. The Balaban J connectivity index is 3.08. The number of rotatable bonds is 2. The van der Waals surface area contributed by atoms with E-state index in [4.69, 9.17) is 11.0 Å². The van der Waals surface area contributed by atoms with E-state index < -0.39 is 12.1 Å². The molecule has 0 heterocycles. The molecule has 0 saturated heterocycles. The normalized spacial score (nSPS) is 11.4. The van der Waals surface area contributed by atoms with Crippen LogP contribution in [0.15, 0.2) is 24.3 Å². The highest BCUT2D eigenvalue weighted by Gasteiger charge is 2.31. The van der Waals surface area contributed by atoms with Crippen LogP contribution in [0.1, 0.15) is 5.56 Å². The maximum atomic E-state index is 12.0. The fourth-order valence-corrected chi connectivity index (χ4v) is 1.04. The fraction of sp³-hybridized carbons (Fsp3) is 0.100. The van der Waals surface area contributed by atoms with Crippen molar-refractivity contribution in [2.24, 2.45) is 0 Å². The molecule has 0 fully saturated rings. The van der Waals surface area contributed by atoms with Crippen LogP contribution in [-0.2, 0) is 0 Å². The first-order valence-electron chi connectivity index (χ1n) is 4.14. The van der Waals surface area contributed by atoms with Gasteiger partial charge in [-0.3, -0.25) is 0 Å². The number of alkyl halides is 3. The Labute approximate surface area is 89.5 Å². The van der Waals surface area contributed by atoms with E-state index in [1.165, 1.54) is 18.2 Å². The van der Waals surface area contributed by atoms with Crippen molar-refractivity contribution in [1.29, 1.82) is 5.26 Å². The molecule has 0 aliphatic carbocycles. The van der Waals surface area contributed by atoms with E-state index in [0.29, 0.717) is 0 Å². The average Bonchev–Trinajstić information content (AvgIpc) is 2.16. The maximum Gasteiger partial charge on any atom is 0.573 e. The SMILES string of the molecule is N#CC=Cc1cc(N)ccc1OC(F)(F)F. The molecule has 16 heavy (non-hydrogen) atoms. The molecule has 0 saturated carbocycles. The number of nitrogen functional groups attached to an aromatic ring is 1. The lowest BCUT2D eigenvalue weighted by atomic mass is 10.1. The van der Waals surface area contributed by atoms with Crippen molar-refractivity contribution < 1.29 is 17.9 Å². The number of hydrogen-bond acceptors (Lipinski definition) is 3. The largest absolute Gasteiger partial charge is 0.573 e. The van der Waals surface area contributed by atoms with E-state index in [0.717, 1.165) is 12.1 Å². The molecule has 0 aliphatic rings. The molecule has 6 heteroatoms. The average molecular weight is 228 g/mol. The Bertz CT molecular complexity index is 446. The van der Waals surface area contributed by atoms with Crippen LogP contribution in [0, 0.1) is 11.3 Å². The van der Waals surface area contributed by atoms with Gasteiger partial charge in [0.1, 0.15) is 5.75 Å². The highest BCUT2D eigenvalue weighted by atomic mass is 19.4. The predicted molar refractivity (Wildman–Crippen MR) is 52.2 cm³/mol.